The minimum absolute atomic E-state index is 0.0316. The molecule has 1 amide bonds. The van der Waals surface area contributed by atoms with Crippen molar-refractivity contribution in [3.05, 3.63) is 47.6 Å². The summed E-state index contributed by atoms with van der Waals surface area (Å²) >= 11 is 0. The van der Waals surface area contributed by atoms with E-state index in [1.165, 1.54) is 0 Å². The lowest BCUT2D eigenvalue weighted by Gasteiger charge is -2.19. The Bertz CT molecular complexity index is 715. The van der Waals surface area contributed by atoms with E-state index in [-0.39, 0.29) is 30.1 Å². The number of carbonyl (C=O) groups excluding carboxylic acids is 1. The van der Waals surface area contributed by atoms with Gasteiger partial charge < -0.3 is 14.6 Å². The summed E-state index contributed by atoms with van der Waals surface area (Å²) < 4.78 is 11.1. The van der Waals surface area contributed by atoms with Gasteiger partial charge in [-0.15, -0.1) is 0 Å². The maximum absolute atomic E-state index is 12.4. The first-order valence-corrected chi connectivity index (χ1v) is 8.51. The van der Waals surface area contributed by atoms with Gasteiger partial charge in [0, 0.05) is 0 Å². The van der Waals surface area contributed by atoms with Gasteiger partial charge >= 0.3 is 0 Å². The first kappa shape index (κ1) is 15.3. The molecule has 6 heteroatoms. The quantitative estimate of drug-likeness (QED) is 0.912. The molecule has 0 spiro atoms. The minimum Gasteiger partial charge on any atom is -0.374 e. The Kier molecular flexibility index (Phi) is 4.06. The van der Waals surface area contributed by atoms with E-state index in [2.05, 4.69) is 15.5 Å². The molecule has 1 aromatic heterocycles. The molecular weight excluding hydrogens is 306 g/mol. The molecule has 126 valence electrons. The number of carbonyl (C=O) groups is 1. The van der Waals surface area contributed by atoms with E-state index in [1.54, 1.807) is 0 Å². The summed E-state index contributed by atoms with van der Waals surface area (Å²) in [6.07, 6.45) is 3.84. The lowest BCUT2D eigenvalue weighted by atomic mass is 9.88. The number of nitrogens with zero attached hydrogens (tertiary/aromatic N) is 2. The molecule has 3 heterocycles. The fourth-order valence-corrected chi connectivity index (χ4v) is 3.58. The van der Waals surface area contributed by atoms with Crippen molar-refractivity contribution in [2.45, 2.75) is 50.9 Å². The smallest absolute Gasteiger partial charge is 0.231 e. The molecule has 2 aliphatic rings. The number of hydrogen-bond donors (Lipinski definition) is 1. The molecule has 0 aliphatic carbocycles. The Morgan fingerprint density at radius 2 is 2.17 bits per heavy atom. The summed E-state index contributed by atoms with van der Waals surface area (Å²) in [6, 6.07) is 9.69. The molecule has 1 aromatic carbocycles. The third-order valence-corrected chi connectivity index (χ3v) is 4.87. The molecule has 2 bridgehead atoms. The maximum atomic E-state index is 12.4. The number of benzene rings is 1. The molecule has 1 N–H and O–H groups in total. The molecule has 4 atom stereocenters. The largest absolute Gasteiger partial charge is 0.374 e. The highest BCUT2D eigenvalue weighted by Crippen LogP contribution is 2.39. The van der Waals surface area contributed by atoms with Crippen molar-refractivity contribution in [3.8, 4) is 0 Å². The van der Waals surface area contributed by atoms with Gasteiger partial charge in [-0.1, -0.05) is 35.5 Å². The Morgan fingerprint density at radius 1 is 1.33 bits per heavy atom. The van der Waals surface area contributed by atoms with E-state index < -0.39 is 0 Å². The second-order valence-electron chi connectivity index (χ2n) is 6.66. The van der Waals surface area contributed by atoms with Crippen molar-refractivity contribution < 1.29 is 14.1 Å². The van der Waals surface area contributed by atoms with Crippen LogP contribution in [0.1, 0.15) is 49.5 Å². The molecule has 4 unspecified atom stereocenters. The van der Waals surface area contributed by atoms with Crippen molar-refractivity contribution in [1.29, 1.82) is 0 Å². The van der Waals surface area contributed by atoms with Gasteiger partial charge in [0.2, 0.25) is 11.8 Å². The van der Waals surface area contributed by atoms with Crippen LogP contribution in [0.3, 0.4) is 0 Å². The van der Waals surface area contributed by atoms with Crippen molar-refractivity contribution in [2.24, 2.45) is 5.92 Å². The Labute approximate surface area is 140 Å². The molecule has 0 radical (unpaired) electrons. The van der Waals surface area contributed by atoms with Gasteiger partial charge in [0.05, 0.1) is 30.6 Å². The van der Waals surface area contributed by atoms with Gasteiger partial charge in [0.1, 0.15) is 0 Å². The summed E-state index contributed by atoms with van der Waals surface area (Å²) in [5, 5.41) is 7.00. The highest BCUT2D eigenvalue weighted by Gasteiger charge is 2.44. The lowest BCUT2D eigenvalue weighted by Crippen LogP contribution is -2.37. The van der Waals surface area contributed by atoms with Gasteiger partial charge in [-0.2, -0.15) is 4.98 Å². The van der Waals surface area contributed by atoms with Crippen LogP contribution >= 0.6 is 0 Å². The van der Waals surface area contributed by atoms with E-state index in [0.717, 1.165) is 24.8 Å². The highest BCUT2D eigenvalue weighted by atomic mass is 16.5. The van der Waals surface area contributed by atoms with E-state index >= 15 is 0 Å². The number of fused-ring (bicyclic) bond motifs is 2. The third-order valence-electron chi connectivity index (χ3n) is 4.87. The van der Waals surface area contributed by atoms with Crippen molar-refractivity contribution in [1.82, 2.24) is 15.5 Å². The number of ether oxygens (including phenoxy) is 1. The number of rotatable bonds is 5. The van der Waals surface area contributed by atoms with Gasteiger partial charge in [-0.25, -0.2) is 0 Å². The SMILES string of the molecule is CC(NC(=O)C1CC2CCC1O2)c1noc(Cc2ccccc2)n1. The fourth-order valence-electron chi connectivity index (χ4n) is 3.58. The molecule has 2 fully saturated rings. The first-order chi connectivity index (χ1) is 11.7. The maximum Gasteiger partial charge on any atom is 0.231 e. The molecule has 0 saturated carbocycles. The Balaban J connectivity index is 1.36. The molecule has 24 heavy (non-hydrogen) atoms. The van der Waals surface area contributed by atoms with Crippen LogP contribution in [0, 0.1) is 5.92 Å². The van der Waals surface area contributed by atoms with E-state index in [9.17, 15) is 4.79 Å². The number of hydrogen-bond acceptors (Lipinski definition) is 5. The van der Waals surface area contributed by atoms with Gasteiger partial charge in [-0.05, 0) is 31.7 Å². The Morgan fingerprint density at radius 3 is 2.88 bits per heavy atom. The van der Waals surface area contributed by atoms with Gasteiger partial charge in [0.15, 0.2) is 5.82 Å². The summed E-state index contributed by atoms with van der Waals surface area (Å²) in [6.45, 7) is 1.88. The van der Waals surface area contributed by atoms with Crippen LogP contribution in [0.25, 0.3) is 0 Å². The molecule has 4 rings (SSSR count). The van der Waals surface area contributed by atoms with Crippen LogP contribution < -0.4 is 5.32 Å². The second-order valence-corrected chi connectivity index (χ2v) is 6.66. The van der Waals surface area contributed by atoms with Crippen molar-refractivity contribution in [3.63, 3.8) is 0 Å². The lowest BCUT2D eigenvalue weighted by molar-refractivity contribution is -0.127. The Hall–Kier alpha value is -2.21. The predicted molar refractivity (Wildman–Crippen MR) is 86.1 cm³/mol. The van der Waals surface area contributed by atoms with E-state index in [4.69, 9.17) is 9.26 Å². The van der Waals surface area contributed by atoms with E-state index in [1.807, 2.05) is 37.3 Å². The molecule has 6 nitrogen and oxygen atoms in total. The standard InChI is InChI=1S/C18H21N3O3/c1-11(19-18(22)14-10-13-7-8-15(14)23-13)17-20-16(24-21-17)9-12-5-3-2-4-6-12/h2-6,11,13-15H,7-10H2,1H3,(H,19,22). The van der Waals surface area contributed by atoms with Gasteiger partial charge in [0.25, 0.3) is 0 Å². The summed E-state index contributed by atoms with van der Waals surface area (Å²) in [7, 11) is 0. The zero-order valence-corrected chi connectivity index (χ0v) is 13.6. The third kappa shape index (κ3) is 3.06. The van der Waals surface area contributed by atoms with E-state index in [0.29, 0.717) is 18.1 Å². The van der Waals surface area contributed by atoms with Crippen molar-refractivity contribution in [2.75, 3.05) is 0 Å². The number of aromatic nitrogens is 2. The summed E-state index contributed by atoms with van der Waals surface area (Å²) in [5.74, 6) is 1.06. The van der Waals surface area contributed by atoms with Crippen LogP contribution in [0.15, 0.2) is 34.9 Å². The second kappa shape index (κ2) is 6.36. The minimum atomic E-state index is -0.273. The first-order valence-electron chi connectivity index (χ1n) is 8.51. The molecular formula is C18H21N3O3. The van der Waals surface area contributed by atoms with Gasteiger partial charge in [-0.3, -0.25) is 4.79 Å². The van der Waals surface area contributed by atoms with Crippen LogP contribution in [-0.4, -0.2) is 28.3 Å². The average Bonchev–Trinajstić information content (AvgIpc) is 3.32. The zero-order valence-electron chi connectivity index (χ0n) is 13.6. The molecule has 2 aliphatic heterocycles. The van der Waals surface area contributed by atoms with Crippen LogP contribution in [0.4, 0.5) is 0 Å². The monoisotopic (exact) mass is 327 g/mol. The number of amides is 1. The number of nitrogens with one attached hydrogen (secondary N) is 1. The highest BCUT2D eigenvalue weighted by molar-refractivity contribution is 5.80. The zero-order chi connectivity index (χ0) is 16.5. The fraction of sp³-hybridized carbons (Fsp3) is 0.500. The van der Waals surface area contributed by atoms with Crippen LogP contribution in [-0.2, 0) is 16.0 Å². The van der Waals surface area contributed by atoms with Crippen molar-refractivity contribution >= 4 is 5.91 Å². The molecule has 2 saturated heterocycles. The van der Waals surface area contributed by atoms with Crippen LogP contribution in [0.2, 0.25) is 0 Å². The van der Waals surface area contributed by atoms with Crippen LogP contribution in [0.5, 0.6) is 0 Å². The summed E-state index contributed by atoms with van der Waals surface area (Å²) in [4.78, 5) is 16.8. The summed E-state index contributed by atoms with van der Waals surface area (Å²) in [5.41, 5.74) is 1.11. The normalized spacial score (nSPS) is 26.5. The predicted octanol–water partition coefficient (Wildman–Crippen LogP) is 2.41. The topological polar surface area (TPSA) is 77.2 Å². The molecule has 2 aromatic rings. The average molecular weight is 327 g/mol.